The summed E-state index contributed by atoms with van der Waals surface area (Å²) in [4.78, 5) is 22.3. The van der Waals surface area contributed by atoms with E-state index in [-0.39, 0.29) is 63.9 Å². The normalized spacial score (nSPS) is 23.3. The van der Waals surface area contributed by atoms with Crippen LogP contribution in [-0.4, -0.2) is 78.6 Å². The molecule has 1 saturated carbocycles. The predicted molar refractivity (Wildman–Crippen MR) is 245 cm³/mol. The second-order valence-corrected chi connectivity index (χ2v) is 16.8. The fraction of sp³-hybridized carbons (Fsp3) is 0.423. The number of aliphatic hydroxyl groups excluding tert-OH is 2. The van der Waals surface area contributed by atoms with Gasteiger partial charge in [0.25, 0.3) is 0 Å². The van der Waals surface area contributed by atoms with Gasteiger partial charge in [-0.3, -0.25) is 4.90 Å². The van der Waals surface area contributed by atoms with E-state index >= 15 is 0 Å². The van der Waals surface area contributed by atoms with Crippen LogP contribution in [0.15, 0.2) is 121 Å². The Bertz CT molecular complexity index is 2340. The van der Waals surface area contributed by atoms with E-state index in [0.29, 0.717) is 60.3 Å². The van der Waals surface area contributed by atoms with Gasteiger partial charge < -0.3 is 43.5 Å². The molecule has 6 unspecified atom stereocenters. The Morgan fingerprint density at radius 3 is 2.45 bits per heavy atom. The molecule has 4 aliphatic rings. The predicted octanol–water partition coefficient (Wildman–Crippen LogP) is 10.2. The first-order valence-corrected chi connectivity index (χ1v) is 22.7. The van der Waals surface area contributed by atoms with Gasteiger partial charge in [-0.25, -0.2) is 4.79 Å². The zero-order chi connectivity index (χ0) is 44.5. The number of carbonyl (C=O) groups is 1. The fourth-order valence-corrected chi connectivity index (χ4v) is 10.1. The van der Waals surface area contributed by atoms with Crippen LogP contribution in [-0.2, 0) is 20.9 Å². The van der Waals surface area contributed by atoms with Crippen LogP contribution >= 0.6 is 0 Å². The lowest BCUT2D eigenvalue weighted by Crippen LogP contribution is -2.70. The summed E-state index contributed by atoms with van der Waals surface area (Å²) in [5.74, 6) is 1.14. The van der Waals surface area contributed by atoms with Crippen molar-refractivity contribution in [2.45, 2.75) is 82.6 Å². The number of fused-ring (bicyclic) bond motifs is 4. The van der Waals surface area contributed by atoms with E-state index in [4.69, 9.17) is 38.4 Å². The van der Waals surface area contributed by atoms with Gasteiger partial charge in [-0.05, 0) is 115 Å². The molecule has 2 N–H and O–H groups in total. The fourth-order valence-electron chi connectivity index (χ4n) is 10.1. The van der Waals surface area contributed by atoms with E-state index in [1.165, 1.54) is 0 Å². The van der Waals surface area contributed by atoms with E-state index in [0.717, 1.165) is 53.2 Å². The molecular formula is C52H60N2O10. The van der Waals surface area contributed by atoms with Crippen LogP contribution in [0.25, 0.3) is 10.8 Å². The minimum Gasteiger partial charge on any atom is -0.459 e. The molecule has 0 radical (unpaired) electrons. The highest BCUT2D eigenvalue weighted by atomic mass is 16.7. The minimum absolute atomic E-state index is 0.0400. The first-order chi connectivity index (χ1) is 31.4. The number of nitrogens with zero attached hydrogens (tertiary/aromatic N) is 2. The summed E-state index contributed by atoms with van der Waals surface area (Å²) in [7, 11) is 0. The SMILES string of the molecule is C=CCCOC(=O)N(Cc1ccc2c(c1)OCO2)C1CC(=NOCC)C2=CC(CCCCO)C(CCCCO)C3c4cc(Oc5ccc6ccccc6c5)ccc4OC1(OCC=C)C23. The standard InChI is InChI=1S/C52H60N2O10/c1-4-7-27-58-51(57)54(33-35-18-22-46-47(28-35)60-34-59-46)48-32-44(53-62-6-3)42-30-38(16-10-12-24-55)41(17-11-13-25-56)49-43-31-40(63-39-20-19-36-14-8-9-15-37(36)29-39)21-23-45(43)64-52(48,50(42)49)61-26-5-2/h4-5,8-9,14-15,18-23,28-31,38,41,48-50,55-56H,1-2,6-7,10-13,16-17,24-27,32-34H2,3H3. The first-order valence-electron chi connectivity index (χ1n) is 22.7. The van der Waals surface area contributed by atoms with Crippen LogP contribution in [0, 0.1) is 17.8 Å². The summed E-state index contributed by atoms with van der Waals surface area (Å²) in [6.45, 7) is 10.8. The first kappa shape index (κ1) is 44.8. The van der Waals surface area contributed by atoms with Crippen molar-refractivity contribution in [1.29, 1.82) is 0 Å². The molecule has 2 aliphatic carbocycles. The molecule has 64 heavy (non-hydrogen) atoms. The number of benzene rings is 4. The van der Waals surface area contributed by atoms with Gasteiger partial charge in [0.15, 0.2) is 11.5 Å². The van der Waals surface area contributed by atoms with Crippen LogP contribution in [0.1, 0.15) is 75.3 Å². The van der Waals surface area contributed by atoms with Gasteiger partial charge in [-0.15, -0.1) is 13.2 Å². The molecule has 4 aromatic carbocycles. The zero-order valence-corrected chi connectivity index (χ0v) is 36.7. The summed E-state index contributed by atoms with van der Waals surface area (Å²) >= 11 is 0. The Balaban J connectivity index is 1.31. The van der Waals surface area contributed by atoms with Gasteiger partial charge in [0.1, 0.15) is 29.9 Å². The summed E-state index contributed by atoms with van der Waals surface area (Å²) in [5, 5.41) is 27.0. The summed E-state index contributed by atoms with van der Waals surface area (Å²) in [5.41, 5.74) is 3.40. The van der Waals surface area contributed by atoms with Gasteiger partial charge in [-0.1, -0.05) is 72.6 Å². The average Bonchev–Trinajstić information content (AvgIpc) is 3.79. The third-order valence-corrected chi connectivity index (χ3v) is 12.9. The second-order valence-electron chi connectivity index (χ2n) is 16.8. The van der Waals surface area contributed by atoms with Gasteiger partial charge in [0, 0.05) is 37.7 Å². The Morgan fingerprint density at radius 2 is 1.66 bits per heavy atom. The van der Waals surface area contributed by atoms with Gasteiger partial charge in [0.05, 0.1) is 24.8 Å². The number of hydrogen-bond donors (Lipinski definition) is 2. The number of hydrogen-bond acceptors (Lipinski definition) is 11. The third-order valence-electron chi connectivity index (χ3n) is 12.9. The molecule has 0 saturated heterocycles. The maximum absolute atomic E-state index is 14.7. The van der Waals surface area contributed by atoms with Crippen LogP contribution in [0.5, 0.6) is 28.7 Å². The molecule has 338 valence electrons. The van der Waals surface area contributed by atoms with Crippen LogP contribution < -0.4 is 18.9 Å². The molecule has 2 heterocycles. The lowest BCUT2D eigenvalue weighted by atomic mass is 9.55. The smallest absolute Gasteiger partial charge is 0.410 e. The van der Waals surface area contributed by atoms with Crippen molar-refractivity contribution in [3.05, 3.63) is 127 Å². The van der Waals surface area contributed by atoms with Crippen LogP contribution in [0.4, 0.5) is 4.79 Å². The molecule has 8 rings (SSSR count). The number of oxime groups is 1. The molecule has 1 amide bonds. The van der Waals surface area contributed by atoms with E-state index in [9.17, 15) is 15.0 Å². The number of ether oxygens (including phenoxy) is 6. The summed E-state index contributed by atoms with van der Waals surface area (Å²) < 4.78 is 38.6. The molecule has 0 spiro atoms. The van der Waals surface area contributed by atoms with Gasteiger partial charge in [-0.2, -0.15) is 0 Å². The molecule has 1 fully saturated rings. The molecule has 0 aromatic heterocycles. The van der Waals surface area contributed by atoms with Crippen molar-refractivity contribution >= 4 is 22.6 Å². The Morgan fingerprint density at radius 1 is 0.891 bits per heavy atom. The highest BCUT2D eigenvalue weighted by Gasteiger charge is 2.65. The number of rotatable bonds is 21. The van der Waals surface area contributed by atoms with Crippen molar-refractivity contribution in [2.75, 3.05) is 39.8 Å². The second kappa shape index (κ2) is 20.8. The van der Waals surface area contributed by atoms with Crippen LogP contribution in [0.3, 0.4) is 0 Å². The van der Waals surface area contributed by atoms with Crippen molar-refractivity contribution in [2.24, 2.45) is 22.9 Å². The largest absolute Gasteiger partial charge is 0.459 e. The van der Waals surface area contributed by atoms with Crippen molar-refractivity contribution in [3.8, 4) is 28.7 Å². The third kappa shape index (κ3) is 9.36. The number of aliphatic hydroxyl groups is 2. The number of amides is 1. The van der Waals surface area contributed by atoms with E-state index < -0.39 is 23.8 Å². The van der Waals surface area contributed by atoms with Crippen molar-refractivity contribution in [1.82, 2.24) is 4.90 Å². The molecule has 12 heteroatoms. The minimum atomic E-state index is -1.47. The Labute approximate surface area is 375 Å². The summed E-state index contributed by atoms with van der Waals surface area (Å²) in [6, 6.07) is 25.1. The molecule has 4 aromatic rings. The quantitative estimate of drug-likeness (QED) is 0.0473. The highest BCUT2D eigenvalue weighted by Crippen LogP contribution is 2.62. The zero-order valence-electron chi connectivity index (χ0n) is 36.7. The lowest BCUT2D eigenvalue weighted by Gasteiger charge is -2.59. The maximum atomic E-state index is 14.7. The summed E-state index contributed by atoms with van der Waals surface area (Å²) in [6.07, 6.45) is 10.5. The van der Waals surface area contributed by atoms with Crippen molar-refractivity contribution < 1.29 is 48.3 Å². The molecule has 0 bridgehead atoms. The monoisotopic (exact) mass is 872 g/mol. The molecule has 12 nitrogen and oxygen atoms in total. The molecule has 6 atom stereocenters. The topological polar surface area (TPSA) is 138 Å². The average molecular weight is 873 g/mol. The van der Waals surface area contributed by atoms with Crippen LogP contribution in [0.2, 0.25) is 0 Å². The van der Waals surface area contributed by atoms with E-state index in [2.05, 4.69) is 43.5 Å². The van der Waals surface area contributed by atoms with Crippen molar-refractivity contribution in [3.63, 3.8) is 0 Å². The van der Waals surface area contributed by atoms with E-state index in [1.807, 2.05) is 61.5 Å². The van der Waals surface area contributed by atoms with E-state index in [1.54, 1.807) is 17.1 Å². The lowest BCUT2D eigenvalue weighted by molar-refractivity contribution is -0.256. The highest BCUT2D eigenvalue weighted by molar-refractivity contribution is 6.03. The number of unbranched alkanes of at least 4 members (excludes halogenated alkanes) is 2. The Hall–Kier alpha value is -5.82. The van der Waals surface area contributed by atoms with Gasteiger partial charge >= 0.3 is 6.09 Å². The molecule has 2 aliphatic heterocycles. The number of carbonyl (C=O) groups excluding carboxylic acids is 1. The molecular weight excluding hydrogens is 813 g/mol. The number of allylic oxidation sites excluding steroid dienone is 1. The van der Waals surface area contributed by atoms with Gasteiger partial charge in [0.2, 0.25) is 12.6 Å². The Kier molecular flexibility index (Phi) is 14.5. The maximum Gasteiger partial charge on any atom is 0.410 e.